The maximum atomic E-state index is 5.40. The average molecular weight is 232 g/mol. The molecule has 0 spiro atoms. The lowest BCUT2D eigenvalue weighted by Crippen LogP contribution is -2.47. The molecular weight excluding hydrogens is 212 g/mol. The van der Waals surface area contributed by atoms with Crippen LogP contribution in [0.5, 0.6) is 0 Å². The molecular formula is C9H20N4OS. The Balaban J connectivity index is 2.39. The van der Waals surface area contributed by atoms with Crippen LogP contribution in [-0.2, 0) is 4.74 Å². The van der Waals surface area contributed by atoms with Crippen LogP contribution < -0.4 is 16.6 Å². The number of thioether (sulfide) groups is 1. The molecule has 0 amide bonds. The summed E-state index contributed by atoms with van der Waals surface area (Å²) in [5.74, 6) is 8.35. The Bertz CT molecular complexity index is 206. The highest BCUT2D eigenvalue weighted by molar-refractivity contribution is 7.99. The maximum absolute atomic E-state index is 5.40. The molecule has 0 aromatic carbocycles. The predicted molar refractivity (Wildman–Crippen MR) is 65.0 cm³/mol. The van der Waals surface area contributed by atoms with E-state index in [4.69, 9.17) is 10.6 Å². The quantitative estimate of drug-likeness (QED) is 0.274. The van der Waals surface area contributed by atoms with Crippen LogP contribution in [0.15, 0.2) is 4.99 Å². The number of rotatable bonds is 4. The lowest BCUT2D eigenvalue weighted by molar-refractivity contribution is 0.179. The van der Waals surface area contributed by atoms with E-state index in [1.165, 1.54) is 5.75 Å². The molecule has 0 radical (unpaired) electrons. The number of ether oxygens (including phenoxy) is 1. The van der Waals surface area contributed by atoms with Gasteiger partial charge >= 0.3 is 0 Å². The smallest absolute Gasteiger partial charge is 0.206 e. The van der Waals surface area contributed by atoms with Gasteiger partial charge in [-0.15, -0.1) is 0 Å². The number of guanidine groups is 1. The normalized spacial score (nSPS) is 23.9. The second-order valence-electron chi connectivity index (χ2n) is 3.64. The zero-order chi connectivity index (χ0) is 11.1. The lowest BCUT2D eigenvalue weighted by atomic mass is 10.3. The van der Waals surface area contributed by atoms with E-state index in [0.29, 0.717) is 18.6 Å². The standard InChI is InChI=1S/C9H20N4OS/c1-7(5-14-2)11-9(13-10)12-8-3-4-15-6-8/h7-8H,3-6,10H2,1-2H3,(H2,11,12,13). The Kier molecular flexibility index (Phi) is 5.82. The van der Waals surface area contributed by atoms with Gasteiger partial charge in [-0.25, -0.2) is 10.8 Å². The van der Waals surface area contributed by atoms with E-state index in [2.05, 4.69) is 15.7 Å². The van der Waals surface area contributed by atoms with E-state index in [9.17, 15) is 0 Å². The summed E-state index contributed by atoms with van der Waals surface area (Å²) < 4.78 is 5.03. The van der Waals surface area contributed by atoms with Crippen molar-refractivity contribution < 1.29 is 4.74 Å². The molecule has 0 aromatic rings. The Hall–Kier alpha value is -0.460. The predicted octanol–water partition coefficient (Wildman–Crippen LogP) is -0.0643. The largest absolute Gasteiger partial charge is 0.383 e. The molecule has 1 aliphatic rings. The Labute approximate surface area is 95.2 Å². The van der Waals surface area contributed by atoms with Crippen LogP contribution in [-0.4, -0.2) is 43.3 Å². The van der Waals surface area contributed by atoms with Crippen molar-refractivity contribution >= 4 is 17.7 Å². The number of aliphatic imine (C=N–C) groups is 1. The molecule has 2 unspecified atom stereocenters. The van der Waals surface area contributed by atoms with Gasteiger partial charge in [0.1, 0.15) is 0 Å². The van der Waals surface area contributed by atoms with Crippen molar-refractivity contribution in [3.05, 3.63) is 0 Å². The molecule has 0 bridgehead atoms. The van der Waals surface area contributed by atoms with Crippen LogP contribution in [0.25, 0.3) is 0 Å². The van der Waals surface area contributed by atoms with Gasteiger partial charge in [0, 0.05) is 18.9 Å². The molecule has 6 heteroatoms. The first-order chi connectivity index (χ1) is 7.26. The van der Waals surface area contributed by atoms with E-state index < -0.39 is 0 Å². The Morgan fingerprint density at radius 1 is 1.73 bits per heavy atom. The van der Waals surface area contributed by atoms with Crippen LogP contribution in [0.4, 0.5) is 0 Å². The van der Waals surface area contributed by atoms with Gasteiger partial charge in [0.25, 0.3) is 0 Å². The van der Waals surface area contributed by atoms with E-state index in [1.54, 1.807) is 7.11 Å². The first-order valence-corrected chi connectivity index (χ1v) is 6.29. The number of nitrogens with two attached hydrogens (primary N) is 1. The van der Waals surface area contributed by atoms with Gasteiger partial charge in [-0.3, -0.25) is 5.43 Å². The van der Waals surface area contributed by atoms with Crippen molar-refractivity contribution in [3.8, 4) is 0 Å². The second-order valence-corrected chi connectivity index (χ2v) is 4.79. The van der Waals surface area contributed by atoms with Crippen molar-refractivity contribution in [2.24, 2.45) is 10.8 Å². The summed E-state index contributed by atoms with van der Waals surface area (Å²) in [6, 6.07) is 0.599. The van der Waals surface area contributed by atoms with Crippen molar-refractivity contribution in [1.82, 2.24) is 10.7 Å². The summed E-state index contributed by atoms with van der Waals surface area (Å²) in [6.07, 6.45) is 1.14. The summed E-state index contributed by atoms with van der Waals surface area (Å²) in [7, 11) is 1.68. The number of hydrogen-bond donors (Lipinski definition) is 3. The number of hydrogen-bond acceptors (Lipinski definition) is 4. The summed E-state index contributed by atoms with van der Waals surface area (Å²) in [5, 5.41) is 3.17. The van der Waals surface area contributed by atoms with Crippen molar-refractivity contribution in [3.63, 3.8) is 0 Å². The third kappa shape index (κ3) is 4.72. The van der Waals surface area contributed by atoms with Gasteiger partial charge in [-0.05, 0) is 19.1 Å². The van der Waals surface area contributed by atoms with Gasteiger partial charge in [0.2, 0.25) is 5.96 Å². The van der Waals surface area contributed by atoms with Crippen molar-refractivity contribution in [2.45, 2.75) is 25.4 Å². The van der Waals surface area contributed by atoms with Gasteiger partial charge in [0.15, 0.2) is 0 Å². The number of nitrogens with zero attached hydrogens (tertiary/aromatic N) is 1. The average Bonchev–Trinajstić information content (AvgIpc) is 2.70. The van der Waals surface area contributed by atoms with Gasteiger partial charge < -0.3 is 10.1 Å². The van der Waals surface area contributed by atoms with Crippen LogP contribution in [0.2, 0.25) is 0 Å². The minimum atomic E-state index is 0.207. The summed E-state index contributed by atoms with van der Waals surface area (Å²) in [5.41, 5.74) is 2.59. The molecule has 1 saturated heterocycles. The molecule has 88 valence electrons. The van der Waals surface area contributed by atoms with Crippen LogP contribution in [0.3, 0.4) is 0 Å². The molecule has 1 aliphatic heterocycles. The fourth-order valence-electron chi connectivity index (χ4n) is 1.45. The fourth-order valence-corrected chi connectivity index (χ4v) is 2.57. The highest BCUT2D eigenvalue weighted by Gasteiger charge is 2.15. The van der Waals surface area contributed by atoms with Crippen LogP contribution >= 0.6 is 11.8 Å². The highest BCUT2D eigenvalue weighted by Crippen LogP contribution is 2.19. The second kappa shape index (κ2) is 6.92. The highest BCUT2D eigenvalue weighted by atomic mass is 32.2. The third-order valence-corrected chi connectivity index (χ3v) is 3.30. The monoisotopic (exact) mass is 232 g/mol. The lowest BCUT2D eigenvalue weighted by Gasteiger charge is -2.16. The van der Waals surface area contributed by atoms with Crippen LogP contribution in [0.1, 0.15) is 13.3 Å². The Morgan fingerprint density at radius 3 is 3.07 bits per heavy atom. The molecule has 0 aromatic heterocycles. The minimum Gasteiger partial charge on any atom is -0.383 e. The molecule has 2 atom stereocenters. The van der Waals surface area contributed by atoms with E-state index in [1.807, 2.05) is 18.7 Å². The summed E-state index contributed by atoms with van der Waals surface area (Å²) in [4.78, 5) is 4.51. The fraction of sp³-hybridized carbons (Fsp3) is 0.889. The molecule has 15 heavy (non-hydrogen) atoms. The first kappa shape index (κ1) is 12.6. The molecule has 1 fully saturated rings. The third-order valence-electron chi connectivity index (χ3n) is 2.15. The first-order valence-electron chi connectivity index (χ1n) is 5.14. The molecule has 5 nitrogen and oxygen atoms in total. The van der Waals surface area contributed by atoms with Gasteiger partial charge in [-0.2, -0.15) is 11.8 Å². The van der Waals surface area contributed by atoms with Gasteiger partial charge in [0.05, 0.1) is 12.6 Å². The SMILES string of the molecule is COCC(C)NC(=NC1CCSC1)NN. The molecule has 1 heterocycles. The van der Waals surface area contributed by atoms with E-state index >= 15 is 0 Å². The maximum Gasteiger partial charge on any atom is 0.206 e. The summed E-state index contributed by atoms with van der Waals surface area (Å²) in [6.45, 7) is 2.67. The number of hydrazine groups is 1. The molecule has 0 aliphatic carbocycles. The zero-order valence-electron chi connectivity index (χ0n) is 9.32. The van der Waals surface area contributed by atoms with Crippen molar-refractivity contribution in [2.75, 3.05) is 25.2 Å². The van der Waals surface area contributed by atoms with Gasteiger partial charge in [-0.1, -0.05) is 0 Å². The molecule has 1 rings (SSSR count). The number of methoxy groups -OCH3 is 1. The topological polar surface area (TPSA) is 71.7 Å². The minimum absolute atomic E-state index is 0.207. The number of nitrogens with one attached hydrogen (secondary N) is 2. The van der Waals surface area contributed by atoms with E-state index in [0.717, 1.165) is 12.2 Å². The summed E-state index contributed by atoms with van der Waals surface area (Å²) >= 11 is 1.94. The molecule has 0 saturated carbocycles. The zero-order valence-corrected chi connectivity index (χ0v) is 10.1. The van der Waals surface area contributed by atoms with Crippen LogP contribution in [0, 0.1) is 0 Å². The Morgan fingerprint density at radius 2 is 2.53 bits per heavy atom. The van der Waals surface area contributed by atoms with Crippen molar-refractivity contribution in [1.29, 1.82) is 0 Å². The van der Waals surface area contributed by atoms with E-state index in [-0.39, 0.29) is 6.04 Å². The molecule has 4 N–H and O–H groups in total.